The van der Waals surface area contributed by atoms with Gasteiger partial charge in [-0.3, -0.25) is 14.5 Å². The monoisotopic (exact) mass is 591 g/mol. The van der Waals surface area contributed by atoms with Crippen LogP contribution in [0.25, 0.3) is 0 Å². The normalized spacial score (nSPS) is 20.3. The average molecular weight is 592 g/mol. The molecule has 3 aromatic carbocycles. The number of allylic oxidation sites excluding steroid dienone is 1. The van der Waals surface area contributed by atoms with E-state index in [2.05, 4.69) is 57.7 Å². The summed E-state index contributed by atoms with van der Waals surface area (Å²) < 4.78 is 6.70. The Hall–Kier alpha value is -3.66. The number of carbonyl (C=O) groups excluding carboxylic acids is 2. The first kappa shape index (κ1) is 31.8. The minimum atomic E-state index is -0.155. The first-order chi connectivity index (χ1) is 21.3. The number of fused-ring (bicyclic) bond motifs is 1. The standard InChI is InChI=1S/C40H49NO3/c1-5-7-8-14-25-40(3,4)31-23-24-33(37(26-31)44-28-29-17-10-9-11-18-29)36-27-32(20-15-19-30(36)16-6-2)41-38(42)34-21-12-13-22-35(34)39(41)43/h6,9-13,17-18,21-24,26,30,32,36H,2,5,7-8,14-16,19-20,25,27-28H2,1,3-4H3/t30-,32-,36-/m1/s1. The molecule has 0 saturated heterocycles. The average Bonchev–Trinajstić information content (AvgIpc) is 3.15. The molecular weight excluding hydrogens is 542 g/mol. The number of hydrogen-bond donors (Lipinski definition) is 0. The summed E-state index contributed by atoms with van der Waals surface area (Å²) in [4.78, 5) is 28.6. The molecule has 2 aliphatic rings. The maximum Gasteiger partial charge on any atom is 0.261 e. The lowest BCUT2D eigenvalue weighted by atomic mass is 9.76. The Morgan fingerprint density at radius 1 is 0.909 bits per heavy atom. The molecule has 44 heavy (non-hydrogen) atoms. The molecule has 1 aliphatic carbocycles. The first-order valence-corrected chi connectivity index (χ1v) is 16.7. The highest BCUT2D eigenvalue weighted by molar-refractivity contribution is 6.21. The van der Waals surface area contributed by atoms with Crippen LogP contribution in [0.2, 0.25) is 0 Å². The number of benzene rings is 3. The zero-order chi connectivity index (χ0) is 31.1. The summed E-state index contributed by atoms with van der Waals surface area (Å²) in [5.41, 5.74) is 4.70. The molecule has 1 aliphatic heterocycles. The zero-order valence-electron chi connectivity index (χ0n) is 26.9. The van der Waals surface area contributed by atoms with Crippen molar-refractivity contribution in [3.63, 3.8) is 0 Å². The van der Waals surface area contributed by atoms with Crippen LogP contribution in [0.1, 0.15) is 128 Å². The van der Waals surface area contributed by atoms with Gasteiger partial charge in [-0.05, 0) is 84.2 Å². The van der Waals surface area contributed by atoms with Crippen LogP contribution in [0.15, 0.2) is 85.5 Å². The minimum absolute atomic E-state index is 0.0315. The Kier molecular flexibility index (Phi) is 10.4. The Labute approximate surface area is 264 Å². The largest absolute Gasteiger partial charge is 0.489 e. The Balaban J connectivity index is 1.49. The smallest absolute Gasteiger partial charge is 0.261 e. The second-order valence-electron chi connectivity index (χ2n) is 13.5. The van der Waals surface area contributed by atoms with Gasteiger partial charge in [0.1, 0.15) is 12.4 Å². The van der Waals surface area contributed by atoms with Crippen molar-refractivity contribution >= 4 is 11.8 Å². The van der Waals surface area contributed by atoms with E-state index in [1.807, 2.05) is 36.4 Å². The van der Waals surface area contributed by atoms with E-state index in [1.54, 1.807) is 17.0 Å². The Morgan fingerprint density at radius 3 is 2.30 bits per heavy atom. The molecule has 4 heteroatoms. The predicted octanol–water partition coefficient (Wildman–Crippen LogP) is 10.0. The third-order valence-corrected chi connectivity index (χ3v) is 9.95. The van der Waals surface area contributed by atoms with Gasteiger partial charge in [-0.2, -0.15) is 0 Å². The summed E-state index contributed by atoms with van der Waals surface area (Å²) in [7, 11) is 0. The van der Waals surface area contributed by atoms with E-state index in [1.165, 1.54) is 36.8 Å². The number of unbranched alkanes of at least 4 members (excludes halogenated alkanes) is 3. The number of hydrogen-bond acceptors (Lipinski definition) is 3. The molecule has 3 atom stereocenters. The second-order valence-corrected chi connectivity index (χ2v) is 13.5. The molecule has 0 radical (unpaired) electrons. The van der Waals surface area contributed by atoms with Crippen LogP contribution in [0.4, 0.5) is 0 Å². The first-order valence-electron chi connectivity index (χ1n) is 16.7. The molecule has 0 spiro atoms. The van der Waals surface area contributed by atoms with Gasteiger partial charge in [-0.15, -0.1) is 6.58 Å². The summed E-state index contributed by atoms with van der Waals surface area (Å²) in [5.74, 6) is 1.11. The third kappa shape index (κ3) is 7.01. The zero-order valence-corrected chi connectivity index (χ0v) is 26.9. The molecule has 5 rings (SSSR count). The molecule has 0 bridgehead atoms. The van der Waals surface area contributed by atoms with Crippen LogP contribution in [0.5, 0.6) is 5.75 Å². The van der Waals surface area contributed by atoms with E-state index in [0.717, 1.165) is 49.8 Å². The molecule has 1 saturated carbocycles. The Bertz CT molecular complexity index is 1410. The quantitative estimate of drug-likeness (QED) is 0.0860. The highest BCUT2D eigenvalue weighted by Crippen LogP contribution is 2.46. The van der Waals surface area contributed by atoms with Crippen LogP contribution in [0, 0.1) is 5.92 Å². The number of nitrogens with zero attached hydrogens (tertiary/aromatic N) is 1. The van der Waals surface area contributed by atoms with Crippen molar-refractivity contribution in [2.24, 2.45) is 5.92 Å². The molecule has 3 aromatic rings. The van der Waals surface area contributed by atoms with Crippen LogP contribution >= 0.6 is 0 Å². The van der Waals surface area contributed by atoms with Gasteiger partial charge >= 0.3 is 0 Å². The highest BCUT2D eigenvalue weighted by atomic mass is 16.5. The summed E-state index contributed by atoms with van der Waals surface area (Å²) >= 11 is 0. The summed E-state index contributed by atoms with van der Waals surface area (Å²) in [6, 6.07) is 24.3. The molecule has 2 amide bonds. The molecular formula is C40H49NO3. The number of amides is 2. The van der Waals surface area contributed by atoms with Crippen molar-refractivity contribution in [2.45, 2.75) is 109 Å². The topological polar surface area (TPSA) is 46.6 Å². The van der Waals surface area contributed by atoms with Gasteiger partial charge in [0, 0.05) is 6.04 Å². The SMILES string of the molecule is C=CC[C@@H]1CCC[C@@H](N2C(=O)c3ccccc3C2=O)C[C@H]1c1ccc(C(C)(C)CCCCCC)cc1OCc1ccccc1. The van der Waals surface area contributed by atoms with Crippen molar-refractivity contribution in [1.82, 2.24) is 4.90 Å². The lowest BCUT2D eigenvalue weighted by Gasteiger charge is -2.32. The number of imide groups is 1. The van der Waals surface area contributed by atoms with Gasteiger partial charge in [0.05, 0.1) is 11.1 Å². The molecule has 0 aromatic heterocycles. The maximum absolute atomic E-state index is 13.5. The minimum Gasteiger partial charge on any atom is -0.489 e. The molecule has 0 N–H and O–H groups in total. The third-order valence-electron chi connectivity index (χ3n) is 9.95. The molecule has 1 heterocycles. The second kappa shape index (κ2) is 14.4. The summed E-state index contributed by atoms with van der Waals surface area (Å²) in [6.45, 7) is 11.5. The van der Waals surface area contributed by atoms with Crippen molar-refractivity contribution in [1.29, 1.82) is 0 Å². The lowest BCUT2D eigenvalue weighted by molar-refractivity contribution is 0.0564. The van der Waals surface area contributed by atoms with E-state index in [4.69, 9.17) is 4.74 Å². The van der Waals surface area contributed by atoms with Gasteiger partial charge in [0.25, 0.3) is 11.8 Å². The van der Waals surface area contributed by atoms with E-state index in [0.29, 0.717) is 23.7 Å². The van der Waals surface area contributed by atoms with Crippen LogP contribution in [-0.4, -0.2) is 22.8 Å². The lowest BCUT2D eigenvalue weighted by Crippen LogP contribution is -2.40. The van der Waals surface area contributed by atoms with Crippen molar-refractivity contribution in [3.05, 3.63) is 113 Å². The van der Waals surface area contributed by atoms with Gasteiger partial charge in [-0.1, -0.05) is 114 Å². The van der Waals surface area contributed by atoms with Crippen molar-refractivity contribution in [2.75, 3.05) is 0 Å². The fraction of sp³-hybridized carbons (Fsp3) is 0.450. The van der Waals surface area contributed by atoms with Gasteiger partial charge < -0.3 is 4.74 Å². The van der Waals surface area contributed by atoms with Crippen molar-refractivity contribution < 1.29 is 14.3 Å². The fourth-order valence-electron chi connectivity index (χ4n) is 7.33. The molecule has 232 valence electrons. The van der Waals surface area contributed by atoms with E-state index < -0.39 is 0 Å². The Morgan fingerprint density at radius 2 is 1.61 bits per heavy atom. The van der Waals surface area contributed by atoms with Crippen molar-refractivity contribution in [3.8, 4) is 5.75 Å². The predicted molar refractivity (Wildman–Crippen MR) is 179 cm³/mol. The van der Waals surface area contributed by atoms with Crippen LogP contribution < -0.4 is 4.74 Å². The fourth-order valence-corrected chi connectivity index (χ4v) is 7.33. The van der Waals surface area contributed by atoms with Crippen LogP contribution in [-0.2, 0) is 12.0 Å². The van der Waals surface area contributed by atoms with Crippen LogP contribution in [0.3, 0.4) is 0 Å². The maximum atomic E-state index is 13.5. The highest BCUT2D eigenvalue weighted by Gasteiger charge is 2.42. The summed E-state index contributed by atoms with van der Waals surface area (Å²) in [6.07, 6.45) is 12.6. The number of carbonyl (C=O) groups is 2. The molecule has 0 unspecified atom stereocenters. The van der Waals surface area contributed by atoms with E-state index in [-0.39, 0.29) is 29.2 Å². The van der Waals surface area contributed by atoms with E-state index >= 15 is 0 Å². The van der Waals surface area contributed by atoms with Gasteiger partial charge in [0.15, 0.2) is 0 Å². The molecule has 4 nitrogen and oxygen atoms in total. The number of ether oxygens (including phenoxy) is 1. The van der Waals surface area contributed by atoms with E-state index in [9.17, 15) is 9.59 Å². The van der Waals surface area contributed by atoms with Gasteiger partial charge in [0.2, 0.25) is 0 Å². The van der Waals surface area contributed by atoms with Gasteiger partial charge in [-0.25, -0.2) is 0 Å². The molecule has 1 fully saturated rings. The summed E-state index contributed by atoms with van der Waals surface area (Å²) in [5, 5.41) is 0. The number of rotatable bonds is 13.